The summed E-state index contributed by atoms with van der Waals surface area (Å²) in [7, 11) is 1.82. The van der Waals surface area contributed by atoms with Crippen LogP contribution in [0.25, 0.3) is 5.57 Å². The zero-order valence-electron chi connectivity index (χ0n) is 17.8. The van der Waals surface area contributed by atoms with Crippen LogP contribution in [0.3, 0.4) is 0 Å². The second-order valence-electron chi connectivity index (χ2n) is 6.33. The summed E-state index contributed by atoms with van der Waals surface area (Å²) in [5.74, 6) is -0.186. The van der Waals surface area contributed by atoms with Gasteiger partial charge in [0.15, 0.2) is 5.13 Å². The summed E-state index contributed by atoms with van der Waals surface area (Å²) in [4.78, 5) is 4.46. The number of thiazole rings is 1. The van der Waals surface area contributed by atoms with Gasteiger partial charge >= 0.3 is 6.18 Å². The SMILES string of the molecule is C\C=C(/C(=C\C=C\Nc1nc(/C(C)=C/C=C\NC)cs1)OCCCCC)C(F)(F)F. The van der Waals surface area contributed by atoms with E-state index in [0.29, 0.717) is 11.6 Å². The summed E-state index contributed by atoms with van der Waals surface area (Å²) in [6.07, 6.45) is 9.13. The fourth-order valence-electron chi connectivity index (χ4n) is 2.35. The van der Waals surface area contributed by atoms with Crippen molar-refractivity contribution in [2.45, 2.75) is 46.2 Å². The van der Waals surface area contributed by atoms with E-state index in [1.807, 2.05) is 44.6 Å². The van der Waals surface area contributed by atoms with Gasteiger partial charge in [0.2, 0.25) is 0 Å². The highest BCUT2D eigenvalue weighted by Gasteiger charge is 2.36. The molecule has 0 aliphatic rings. The lowest BCUT2D eigenvalue weighted by atomic mass is 10.2. The topological polar surface area (TPSA) is 46.2 Å². The van der Waals surface area contributed by atoms with Gasteiger partial charge in [0, 0.05) is 18.6 Å². The smallest absolute Gasteiger partial charge is 0.419 e. The molecule has 1 aromatic heterocycles. The predicted octanol–water partition coefficient (Wildman–Crippen LogP) is 6.80. The van der Waals surface area contributed by atoms with Crippen molar-refractivity contribution in [1.29, 1.82) is 0 Å². The average Bonchev–Trinajstić information content (AvgIpc) is 3.16. The van der Waals surface area contributed by atoms with Crippen LogP contribution < -0.4 is 10.6 Å². The Bertz CT molecular complexity index is 790. The Morgan fingerprint density at radius 3 is 2.57 bits per heavy atom. The van der Waals surface area contributed by atoms with Crippen LogP contribution >= 0.6 is 11.3 Å². The van der Waals surface area contributed by atoms with Crippen LogP contribution in [-0.4, -0.2) is 24.8 Å². The summed E-state index contributed by atoms with van der Waals surface area (Å²) >= 11 is 1.41. The molecule has 1 aromatic rings. The number of unbranched alkanes of at least 4 members (excludes halogenated alkanes) is 2. The first-order chi connectivity index (χ1) is 14.3. The van der Waals surface area contributed by atoms with Gasteiger partial charge in [0.05, 0.1) is 17.9 Å². The quantitative estimate of drug-likeness (QED) is 0.213. The normalized spacial score (nSPS) is 14.0. The molecule has 8 heteroatoms. The lowest BCUT2D eigenvalue weighted by Crippen LogP contribution is -2.15. The third-order valence-electron chi connectivity index (χ3n) is 3.93. The maximum absolute atomic E-state index is 13.3. The summed E-state index contributed by atoms with van der Waals surface area (Å²) < 4.78 is 45.2. The zero-order valence-corrected chi connectivity index (χ0v) is 18.7. The molecule has 30 heavy (non-hydrogen) atoms. The molecule has 0 atom stereocenters. The van der Waals surface area contributed by atoms with Crippen LogP contribution in [0, 0.1) is 0 Å². The number of alkyl halides is 3. The Balaban J connectivity index is 2.83. The molecule has 0 aromatic carbocycles. The van der Waals surface area contributed by atoms with E-state index in [1.54, 1.807) is 6.20 Å². The summed E-state index contributed by atoms with van der Waals surface area (Å²) in [5, 5.41) is 8.45. The Morgan fingerprint density at radius 2 is 1.93 bits per heavy atom. The van der Waals surface area contributed by atoms with Crippen LogP contribution in [-0.2, 0) is 4.74 Å². The largest absolute Gasteiger partial charge is 0.493 e. The molecular formula is C22H30F3N3OS. The number of aromatic nitrogens is 1. The van der Waals surface area contributed by atoms with E-state index in [4.69, 9.17) is 4.74 Å². The van der Waals surface area contributed by atoms with Crippen molar-refractivity contribution in [3.63, 3.8) is 0 Å². The Kier molecular flexibility index (Phi) is 11.7. The maximum atomic E-state index is 13.3. The van der Waals surface area contributed by atoms with Crippen molar-refractivity contribution in [1.82, 2.24) is 10.3 Å². The molecule has 0 unspecified atom stereocenters. The Hall–Kier alpha value is -2.48. The molecule has 0 radical (unpaired) electrons. The highest BCUT2D eigenvalue weighted by molar-refractivity contribution is 7.13. The van der Waals surface area contributed by atoms with E-state index in [9.17, 15) is 13.2 Å². The molecule has 0 bridgehead atoms. The second kappa shape index (κ2) is 13.7. The Morgan fingerprint density at radius 1 is 1.20 bits per heavy atom. The van der Waals surface area contributed by atoms with Gasteiger partial charge in [-0.15, -0.1) is 11.3 Å². The molecule has 0 saturated carbocycles. The minimum atomic E-state index is -4.47. The minimum absolute atomic E-state index is 0.186. The number of halogens is 3. The molecule has 2 N–H and O–H groups in total. The molecule has 0 aliphatic carbocycles. The second-order valence-corrected chi connectivity index (χ2v) is 7.18. The van der Waals surface area contributed by atoms with Crippen LogP contribution in [0.5, 0.6) is 0 Å². The van der Waals surface area contributed by atoms with Crippen molar-refractivity contribution >= 4 is 22.0 Å². The molecule has 1 rings (SSSR count). The third kappa shape index (κ3) is 9.35. The number of hydrogen-bond donors (Lipinski definition) is 2. The monoisotopic (exact) mass is 441 g/mol. The standard InChI is InChI=1S/C22H30F3N3OS/c1-5-7-8-15-29-20(18(6-2)22(23,24)25)12-10-14-27-21-28-19(16-30-21)17(3)11-9-13-26-4/h6,9-14,16,26H,5,7-8,15H2,1-4H3,(H,27,28)/b13-9-,14-10+,17-11+,18-6+,20-12+. The molecule has 1 heterocycles. The van der Waals surface area contributed by atoms with Gasteiger partial charge < -0.3 is 15.4 Å². The molecule has 0 saturated heterocycles. The fourth-order valence-corrected chi connectivity index (χ4v) is 3.09. The number of nitrogens with zero attached hydrogens (tertiary/aromatic N) is 1. The minimum Gasteiger partial charge on any atom is -0.493 e. The van der Waals surface area contributed by atoms with Gasteiger partial charge in [-0.3, -0.25) is 0 Å². The average molecular weight is 442 g/mol. The van der Waals surface area contributed by atoms with Crippen molar-refractivity contribution in [3.05, 3.63) is 65.2 Å². The fraction of sp³-hybridized carbons (Fsp3) is 0.409. The van der Waals surface area contributed by atoms with Crippen molar-refractivity contribution < 1.29 is 17.9 Å². The molecule has 4 nitrogen and oxygen atoms in total. The van der Waals surface area contributed by atoms with Gasteiger partial charge in [-0.25, -0.2) is 4.98 Å². The predicted molar refractivity (Wildman–Crippen MR) is 120 cm³/mol. The lowest BCUT2D eigenvalue weighted by Gasteiger charge is -2.16. The van der Waals surface area contributed by atoms with E-state index in [2.05, 4.69) is 15.6 Å². The van der Waals surface area contributed by atoms with Gasteiger partial charge in [-0.2, -0.15) is 13.2 Å². The van der Waals surface area contributed by atoms with E-state index in [0.717, 1.165) is 30.2 Å². The van der Waals surface area contributed by atoms with E-state index >= 15 is 0 Å². The van der Waals surface area contributed by atoms with Crippen molar-refractivity contribution in [3.8, 4) is 0 Å². The van der Waals surface area contributed by atoms with E-state index in [-0.39, 0.29) is 12.4 Å². The number of hydrogen-bond acceptors (Lipinski definition) is 5. The molecule has 166 valence electrons. The highest BCUT2D eigenvalue weighted by atomic mass is 32.1. The Labute approximate surface area is 180 Å². The first kappa shape index (κ1) is 25.6. The van der Waals surface area contributed by atoms with Crippen molar-refractivity contribution in [2.75, 3.05) is 19.0 Å². The van der Waals surface area contributed by atoms with Crippen LogP contribution in [0.4, 0.5) is 18.3 Å². The summed E-state index contributed by atoms with van der Waals surface area (Å²) in [6.45, 7) is 5.58. The first-order valence-corrected chi connectivity index (χ1v) is 10.7. The first-order valence-electron chi connectivity index (χ1n) is 9.80. The van der Waals surface area contributed by atoms with Crippen LogP contribution in [0.2, 0.25) is 0 Å². The van der Waals surface area contributed by atoms with Gasteiger partial charge in [-0.05, 0) is 50.3 Å². The molecular weight excluding hydrogens is 411 g/mol. The number of allylic oxidation sites excluding steroid dienone is 7. The van der Waals surface area contributed by atoms with Gasteiger partial charge in [-0.1, -0.05) is 31.9 Å². The molecule has 0 amide bonds. The maximum Gasteiger partial charge on any atom is 0.419 e. The number of rotatable bonds is 12. The van der Waals surface area contributed by atoms with Gasteiger partial charge in [0.1, 0.15) is 5.76 Å². The summed E-state index contributed by atoms with van der Waals surface area (Å²) in [6, 6.07) is 0. The lowest BCUT2D eigenvalue weighted by molar-refractivity contribution is -0.0940. The van der Waals surface area contributed by atoms with Crippen LogP contribution in [0.15, 0.2) is 59.5 Å². The van der Waals surface area contributed by atoms with Gasteiger partial charge in [0.25, 0.3) is 0 Å². The highest BCUT2D eigenvalue weighted by Crippen LogP contribution is 2.32. The van der Waals surface area contributed by atoms with E-state index in [1.165, 1.54) is 30.4 Å². The summed E-state index contributed by atoms with van der Waals surface area (Å²) in [5.41, 5.74) is 1.05. The number of ether oxygens (including phenoxy) is 1. The molecule has 0 fully saturated rings. The molecule has 0 aliphatic heterocycles. The number of anilines is 1. The van der Waals surface area contributed by atoms with Crippen LogP contribution in [0.1, 0.15) is 45.7 Å². The number of nitrogens with one attached hydrogen (secondary N) is 2. The third-order valence-corrected chi connectivity index (χ3v) is 4.71. The molecule has 0 spiro atoms. The van der Waals surface area contributed by atoms with Crippen molar-refractivity contribution in [2.24, 2.45) is 0 Å². The van der Waals surface area contributed by atoms with E-state index < -0.39 is 11.7 Å². The zero-order chi connectivity index (χ0) is 22.4.